The molecule has 0 aliphatic rings. The quantitative estimate of drug-likeness (QED) is 0.589. The number of benzene rings is 1. The van der Waals surface area contributed by atoms with E-state index in [1.165, 1.54) is 6.07 Å². The lowest BCUT2D eigenvalue weighted by molar-refractivity contribution is 0.0524. The molecule has 0 saturated heterocycles. The van der Waals surface area contributed by atoms with Crippen LogP contribution in [0.15, 0.2) is 12.1 Å². The molecule has 0 radical (unpaired) electrons. The number of hydrogen-bond acceptors (Lipinski definition) is 2. The summed E-state index contributed by atoms with van der Waals surface area (Å²) in [6.45, 7) is 3.67. The van der Waals surface area contributed by atoms with E-state index < -0.39 is 11.8 Å². The molecule has 0 spiro atoms. The topological polar surface area (TPSA) is 26.3 Å². The first-order chi connectivity index (χ1) is 7.10. The molecule has 15 heavy (non-hydrogen) atoms. The second kappa shape index (κ2) is 5.12. The van der Waals surface area contributed by atoms with Crippen molar-refractivity contribution in [3.63, 3.8) is 0 Å². The lowest BCUT2D eigenvalue weighted by Gasteiger charge is -2.08. The number of alkyl halides is 1. The summed E-state index contributed by atoms with van der Waals surface area (Å²) in [6, 6.07) is 2.93. The molecule has 0 fully saturated rings. The van der Waals surface area contributed by atoms with Crippen molar-refractivity contribution in [2.24, 2.45) is 0 Å². The smallest absolute Gasteiger partial charge is 0.338 e. The van der Waals surface area contributed by atoms with E-state index in [1.807, 2.05) is 0 Å². The van der Waals surface area contributed by atoms with Crippen LogP contribution in [0.4, 0.5) is 4.39 Å². The van der Waals surface area contributed by atoms with Crippen molar-refractivity contribution in [3.05, 3.63) is 34.6 Å². The molecule has 0 aromatic heterocycles. The number of carbonyl (C=O) groups is 1. The third kappa shape index (κ3) is 2.69. The first-order valence-corrected chi connectivity index (χ1v) is 5.15. The number of halogens is 2. The average Bonchev–Trinajstić information content (AvgIpc) is 2.17. The maximum Gasteiger partial charge on any atom is 0.338 e. The van der Waals surface area contributed by atoms with Gasteiger partial charge in [-0.05, 0) is 31.5 Å². The molecule has 0 amide bonds. The molecule has 1 aromatic rings. The van der Waals surface area contributed by atoms with Crippen LogP contribution >= 0.6 is 11.6 Å². The van der Waals surface area contributed by atoms with Crippen molar-refractivity contribution < 1.29 is 13.9 Å². The van der Waals surface area contributed by atoms with E-state index in [1.54, 1.807) is 19.9 Å². The van der Waals surface area contributed by atoms with E-state index in [0.29, 0.717) is 5.56 Å². The zero-order valence-corrected chi connectivity index (χ0v) is 9.40. The van der Waals surface area contributed by atoms with Gasteiger partial charge in [-0.15, -0.1) is 11.6 Å². The number of carbonyl (C=O) groups excluding carboxylic acids is 1. The maximum atomic E-state index is 13.4. The highest BCUT2D eigenvalue weighted by molar-refractivity contribution is 6.17. The Balaban J connectivity index is 3.20. The van der Waals surface area contributed by atoms with Gasteiger partial charge in [0.1, 0.15) is 5.82 Å². The molecule has 0 bridgehead atoms. The minimum Gasteiger partial charge on any atom is -0.462 e. The van der Waals surface area contributed by atoms with Gasteiger partial charge < -0.3 is 4.74 Å². The van der Waals surface area contributed by atoms with E-state index >= 15 is 0 Å². The predicted octanol–water partition coefficient (Wildman–Crippen LogP) is 3.05. The van der Waals surface area contributed by atoms with Crippen LogP contribution in [0.5, 0.6) is 0 Å². The van der Waals surface area contributed by atoms with Crippen molar-refractivity contribution in [1.82, 2.24) is 0 Å². The van der Waals surface area contributed by atoms with Crippen molar-refractivity contribution >= 4 is 17.6 Å². The van der Waals surface area contributed by atoms with Crippen LogP contribution in [0.3, 0.4) is 0 Å². The van der Waals surface area contributed by atoms with E-state index in [4.69, 9.17) is 16.3 Å². The highest BCUT2D eigenvalue weighted by Crippen LogP contribution is 2.19. The second-order valence-corrected chi connectivity index (χ2v) is 3.39. The first kappa shape index (κ1) is 12.0. The summed E-state index contributed by atoms with van der Waals surface area (Å²) in [5, 5.41) is 0. The molecule has 0 aliphatic carbocycles. The minimum atomic E-state index is -0.532. The normalized spacial score (nSPS) is 10.1. The van der Waals surface area contributed by atoms with Gasteiger partial charge in [-0.25, -0.2) is 9.18 Å². The third-order valence-corrected chi connectivity index (χ3v) is 2.24. The van der Waals surface area contributed by atoms with Gasteiger partial charge in [-0.2, -0.15) is 0 Å². The van der Waals surface area contributed by atoms with Gasteiger partial charge in [0.2, 0.25) is 0 Å². The monoisotopic (exact) mass is 230 g/mol. The molecule has 0 unspecified atom stereocenters. The van der Waals surface area contributed by atoms with Crippen LogP contribution in [-0.2, 0) is 10.6 Å². The van der Waals surface area contributed by atoms with Crippen molar-refractivity contribution in [1.29, 1.82) is 0 Å². The molecule has 1 aromatic carbocycles. The number of hydrogen-bond donors (Lipinski definition) is 0. The van der Waals surface area contributed by atoms with Gasteiger partial charge in [-0.3, -0.25) is 0 Å². The number of esters is 1. The van der Waals surface area contributed by atoms with Gasteiger partial charge in [-0.1, -0.05) is 0 Å². The van der Waals surface area contributed by atoms with Crippen LogP contribution in [-0.4, -0.2) is 12.6 Å². The van der Waals surface area contributed by atoms with Gasteiger partial charge in [0, 0.05) is 5.56 Å². The van der Waals surface area contributed by atoms with Crippen LogP contribution in [0, 0.1) is 12.7 Å². The summed E-state index contributed by atoms with van der Waals surface area (Å²) in [5.74, 6) is -1.04. The summed E-state index contributed by atoms with van der Waals surface area (Å²) in [6.07, 6.45) is 0. The average molecular weight is 231 g/mol. The standard InChI is InChI=1S/C11H12ClFO2/c1-3-15-11(14)8-4-7(2)5-10(13)9(8)6-12/h4-5H,3,6H2,1-2H3. The maximum absolute atomic E-state index is 13.4. The number of rotatable bonds is 3. The Hall–Kier alpha value is -1.09. The van der Waals surface area contributed by atoms with E-state index in [9.17, 15) is 9.18 Å². The van der Waals surface area contributed by atoms with Crippen LogP contribution in [0.1, 0.15) is 28.4 Å². The minimum absolute atomic E-state index is 0.0414. The number of ether oxygens (including phenoxy) is 1. The Morgan fingerprint density at radius 1 is 1.53 bits per heavy atom. The largest absolute Gasteiger partial charge is 0.462 e. The van der Waals surface area contributed by atoms with Gasteiger partial charge in [0.05, 0.1) is 18.1 Å². The number of aryl methyl sites for hydroxylation is 1. The van der Waals surface area contributed by atoms with Crippen molar-refractivity contribution in [2.75, 3.05) is 6.61 Å². The Labute approximate surface area is 93.0 Å². The summed E-state index contributed by atoms with van der Waals surface area (Å²) >= 11 is 5.59. The van der Waals surface area contributed by atoms with Crippen molar-refractivity contribution in [2.45, 2.75) is 19.7 Å². The molecular weight excluding hydrogens is 219 g/mol. The summed E-state index contributed by atoms with van der Waals surface area (Å²) in [5.41, 5.74) is 1.08. The summed E-state index contributed by atoms with van der Waals surface area (Å²) in [4.78, 5) is 11.5. The Morgan fingerprint density at radius 2 is 2.20 bits per heavy atom. The molecule has 0 saturated carbocycles. The van der Waals surface area contributed by atoms with Crippen LogP contribution < -0.4 is 0 Å². The molecule has 0 aliphatic heterocycles. The summed E-state index contributed by atoms with van der Waals surface area (Å²) < 4.78 is 18.2. The lowest BCUT2D eigenvalue weighted by Crippen LogP contribution is -2.09. The molecule has 0 N–H and O–H groups in total. The van der Waals surface area contributed by atoms with Gasteiger partial charge >= 0.3 is 5.97 Å². The van der Waals surface area contributed by atoms with E-state index in [0.717, 1.165) is 0 Å². The predicted molar refractivity (Wildman–Crippen MR) is 56.7 cm³/mol. The van der Waals surface area contributed by atoms with E-state index in [-0.39, 0.29) is 23.6 Å². The fraction of sp³-hybridized carbons (Fsp3) is 0.364. The molecular formula is C11H12ClFO2. The zero-order chi connectivity index (χ0) is 11.4. The molecule has 82 valence electrons. The highest BCUT2D eigenvalue weighted by atomic mass is 35.5. The third-order valence-electron chi connectivity index (χ3n) is 1.97. The molecule has 4 heteroatoms. The Kier molecular flexibility index (Phi) is 4.09. The lowest BCUT2D eigenvalue weighted by atomic mass is 10.1. The second-order valence-electron chi connectivity index (χ2n) is 3.13. The molecule has 1 rings (SSSR count). The first-order valence-electron chi connectivity index (χ1n) is 4.62. The highest BCUT2D eigenvalue weighted by Gasteiger charge is 2.16. The molecule has 2 nitrogen and oxygen atoms in total. The molecule has 0 heterocycles. The van der Waals surface area contributed by atoms with Gasteiger partial charge in [0.15, 0.2) is 0 Å². The van der Waals surface area contributed by atoms with Crippen LogP contribution in [0.2, 0.25) is 0 Å². The molecule has 0 atom stereocenters. The van der Waals surface area contributed by atoms with Crippen molar-refractivity contribution in [3.8, 4) is 0 Å². The zero-order valence-electron chi connectivity index (χ0n) is 8.64. The summed E-state index contributed by atoms with van der Waals surface area (Å²) in [7, 11) is 0. The van der Waals surface area contributed by atoms with Gasteiger partial charge in [0.25, 0.3) is 0 Å². The fourth-order valence-corrected chi connectivity index (χ4v) is 1.57. The Bertz CT molecular complexity index is 377. The SMILES string of the molecule is CCOC(=O)c1cc(C)cc(F)c1CCl. The fourth-order valence-electron chi connectivity index (χ4n) is 1.30. The van der Waals surface area contributed by atoms with Crippen LogP contribution in [0.25, 0.3) is 0 Å². The Morgan fingerprint density at radius 3 is 2.73 bits per heavy atom. The van der Waals surface area contributed by atoms with E-state index in [2.05, 4.69) is 0 Å².